The fourth-order valence-corrected chi connectivity index (χ4v) is 3.36. The molecule has 3 nitrogen and oxygen atoms in total. The van der Waals surface area contributed by atoms with Crippen molar-refractivity contribution in [2.24, 2.45) is 0 Å². The van der Waals surface area contributed by atoms with Gasteiger partial charge in [0, 0.05) is 16.7 Å². The Morgan fingerprint density at radius 2 is 1.68 bits per heavy atom. The number of hydrogen-bond acceptors (Lipinski definition) is 3. The molecule has 0 aliphatic rings. The fourth-order valence-electron chi connectivity index (χ4n) is 2.81. The Labute approximate surface area is 179 Å². The molecular formula is C23H23BrClNO2. The topological polar surface area (TPSA) is 30.5 Å². The van der Waals surface area contributed by atoms with Crippen LogP contribution in [0.1, 0.15) is 22.3 Å². The maximum Gasteiger partial charge on any atom is 0.180 e. The molecule has 0 radical (unpaired) electrons. The summed E-state index contributed by atoms with van der Waals surface area (Å²) in [5.74, 6) is 1.18. The Morgan fingerprint density at radius 3 is 2.36 bits per heavy atom. The highest BCUT2D eigenvalue weighted by Gasteiger charge is 2.12. The van der Waals surface area contributed by atoms with Gasteiger partial charge < -0.3 is 14.8 Å². The van der Waals surface area contributed by atoms with Crippen LogP contribution in [0.3, 0.4) is 0 Å². The van der Waals surface area contributed by atoms with Crippen LogP contribution in [0, 0.1) is 13.8 Å². The van der Waals surface area contributed by atoms with E-state index in [0.29, 0.717) is 29.7 Å². The number of aryl methyl sites for hydroxylation is 2. The highest BCUT2D eigenvalue weighted by atomic mass is 79.9. The minimum absolute atomic E-state index is 0.420. The SMILES string of the molecule is COc1cc(CNc2ccc(C)c(C)c2)cc(Cl)c1OCc1ccc(Br)cc1. The number of benzene rings is 3. The van der Waals surface area contributed by atoms with Crippen LogP contribution in [0.4, 0.5) is 5.69 Å². The molecule has 0 amide bonds. The molecule has 28 heavy (non-hydrogen) atoms. The van der Waals surface area contributed by atoms with E-state index in [1.54, 1.807) is 7.11 Å². The van der Waals surface area contributed by atoms with Crippen LogP contribution in [0.25, 0.3) is 0 Å². The summed E-state index contributed by atoms with van der Waals surface area (Å²) >= 11 is 9.93. The van der Waals surface area contributed by atoms with E-state index in [2.05, 4.69) is 53.3 Å². The lowest BCUT2D eigenvalue weighted by atomic mass is 10.1. The first-order valence-corrected chi connectivity index (χ1v) is 10.2. The summed E-state index contributed by atoms with van der Waals surface area (Å²) in [4.78, 5) is 0. The molecule has 0 aliphatic carbocycles. The molecule has 3 aromatic carbocycles. The standard InChI is InChI=1S/C23H23BrClNO2/c1-15-4-9-20(10-16(15)2)26-13-18-11-21(25)23(22(12-18)27-3)28-14-17-5-7-19(24)8-6-17/h4-12,26H,13-14H2,1-3H3. The summed E-state index contributed by atoms with van der Waals surface area (Å²) in [5.41, 5.74) is 5.70. The van der Waals surface area contributed by atoms with Gasteiger partial charge >= 0.3 is 0 Å². The van der Waals surface area contributed by atoms with Gasteiger partial charge in [-0.3, -0.25) is 0 Å². The molecule has 1 N–H and O–H groups in total. The number of hydrogen-bond donors (Lipinski definition) is 1. The van der Waals surface area contributed by atoms with Gasteiger partial charge in [-0.2, -0.15) is 0 Å². The number of halogens is 2. The van der Waals surface area contributed by atoms with Gasteiger partial charge in [0.05, 0.1) is 12.1 Å². The van der Waals surface area contributed by atoms with E-state index < -0.39 is 0 Å². The molecule has 5 heteroatoms. The van der Waals surface area contributed by atoms with Gasteiger partial charge in [0.1, 0.15) is 6.61 Å². The van der Waals surface area contributed by atoms with Crippen LogP contribution in [0.5, 0.6) is 11.5 Å². The van der Waals surface area contributed by atoms with Gasteiger partial charge in [0.2, 0.25) is 0 Å². The van der Waals surface area contributed by atoms with Crippen molar-refractivity contribution in [3.8, 4) is 11.5 Å². The first kappa shape index (κ1) is 20.6. The Balaban J connectivity index is 1.71. The van der Waals surface area contributed by atoms with Crippen LogP contribution in [-0.2, 0) is 13.2 Å². The summed E-state index contributed by atoms with van der Waals surface area (Å²) in [7, 11) is 1.62. The molecule has 0 saturated carbocycles. The van der Waals surface area contributed by atoms with Crippen molar-refractivity contribution in [3.63, 3.8) is 0 Å². The van der Waals surface area contributed by atoms with Crippen molar-refractivity contribution >= 4 is 33.2 Å². The Bertz CT molecular complexity index is 958. The second-order valence-corrected chi connectivity index (χ2v) is 8.00. The smallest absolute Gasteiger partial charge is 0.180 e. The molecule has 0 saturated heterocycles. The molecule has 0 fully saturated rings. The van der Waals surface area contributed by atoms with Crippen molar-refractivity contribution in [1.82, 2.24) is 0 Å². The van der Waals surface area contributed by atoms with E-state index in [4.69, 9.17) is 21.1 Å². The summed E-state index contributed by atoms with van der Waals surface area (Å²) < 4.78 is 12.5. The van der Waals surface area contributed by atoms with Gasteiger partial charge in [-0.05, 0) is 72.5 Å². The van der Waals surface area contributed by atoms with Gasteiger partial charge in [-0.15, -0.1) is 0 Å². The Hall–Kier alpha value is -2.17. The zero-order valence-electron chi connectivity index (χ0n) is 16.2. The van der Waals surface area contributed by atoms with E-state index in [9.17, 15) is 0 Å². The lowest BCUT2D eigenvalue weighted by Crippen LogP contribution is -2.03. The zero-order chi connectivity index (χ0) is 20.1. The van der Waals surface area contributed by atoms with Crippen LogP contribution in [0.2, 0.25) is 5.02 Å². The third kappa shape index (κ3) is 5.21. The van der Waals surface area contributed by atoms with E-state index in [1.807, 2.05) is 36.4 Å². The molecule has 146 valence electrons. The minimum atomic E-state index is 0.420. The molecule has 0 unspecified atom stereocenters. The third-order valence-corrected chi connectivity index (χ3v) is 5.40. The molecule has 3 aromatic rings. The lowest BCUT2D eigenvalue weighted by Gasteiger charge is -2.15. The number of nitrogens with one attached hydrogen (secondary N) is 1. The fraction of sp³-hybridized carbons (Fsp3) is 0.217. The Kier molecular flexibility index (Phi) is 6.87. The van der Waals surface area contributed by atoms with E-state index in [-0.39, 0.29) is 0 Å². The van der Waals surface area contributed by atoms with Crippen LogP contribution in [-0.4, -0.2) is 7.11 Å². The monoisotopic (exact) mass is 459 g/mol. The molecular weight excluding hydrogens is 438 g/mol. The number of ether oxygens (including phenoxy) is 2. The van der Waals surface area contributed by atoms with Gasteiger partial charge in [0.25, 0.3) is 0 Å². The predicted octanol–water partition coefficient (Wildman–Crippen LogP) is 6.92. The van der Waals surface area contributed by atoms with Gasteiger partial charge in [0.15, 0.2) is 11.5 Å². The molecule has 0 heterocycles. The largest absolute Gasteiger partial charge is 0.493 e. The molecule has 0 aliphatic heterocycles. The Morgan fingerprint density at radius 1 is 0.929 bits per heavy atom. The van der Waals surface area contributed by atoms with Gasteiger partial charge in [-0.25, -0.2) is 0 Å². The predicted molar refractivity (Wildman–Crippen MR) is 120 cm³/mol. The third-order valence-electron chi connectivity index (χ3n) is 4.59. The summed E-state index contributed by atoms with van der Waals surface area (Å²) in [6.07, 6.45) is 0. The van der Waals surface area contributed by atoms with E-state index in [1.165, 1.54) is 11.1 Å². The van der Waals surface area contributed by atoms with Crippen molar-refractivity contribution < 1.29 is 9.47 Å². The molecule has 3 rings (SSSR count). The molecule has 0 atom stereocenters. The van der Waals surface area contributed by atoms with Crippen LogP contribution >= 0.6 is 27.5 Å². The summed E-state index contributed by atoms with van der Waals surface area (Å²) in [5, 5.41) is 3.97. The lowest BCUT2D eigenvalue weighted by molar-refractivity contribution is 0.284. The first-order chi connectivity index (χ1) is 13.5. The molecule has 0 bridgehead atoms. The first-order valence-electron chi connectivity index (χ1n) is 9.01. The quantitative estimate of drug-likeness (QED) is 0.415. The van der Waals surface area contributed by atoms with Crippen molar-refractivity contribution in [2.75, 3.05) is 12.4 Å². The van der Waals surface area contributed by atoms with Gasteiger partial charge in [-0.1, -0.05) is 45.7 Å². The zero-order valence-corrected chi connectivity index (χ0v) is 18.5. The number of methoxy groups -OCH3 is 1. The second-order valence-electron chi connectivity index (χ2n) is 6.68. The van der Waals surface area contributed by atoms with E-state index in [0.717, 1.165) is 21.3 Å². The highest BCUT2D eigenvalue weighted by Crippen LogP contribution is 2.37. The van der Waals surface area contributed by atoms with Crippen LogP contribution < -0.4 is 14.8 Å². The molecule has 0 aromatic heterocycles. The summed E-state index contributed by atoms with van der Waals surface area (Å²) in [6, 6.07) is 18.2. The maximum absolute atomic E-state index is 6.49. The number of anilines is 1. The van der Waals surface area contributed by atoms with Crippen LogP contribution in [0.15, 0.2) is 59.1 Å². The average Bonchev–Trinajstić information content (AvgIpc) is 2.69. The minimum Gasteiger partial charge on any atom is -0.493 e. The number of rotatable bonds is 7. The van der Waals surface area contributed by atoms with E-state index >= 15 is 0 Å². The highest BCUT2D eigenvalue weighted by molar-refractivity contribution is 9.10. The van der Waals surface area contributed by atoms with Crippen molar-refractivity contribution in [2.45, 2.75) is 27.0 Å². The maximum atomic E-state index is 6.49. The normalized spacial score (nSPS) is 10.6. The summed E-state index contributed by atoms with van der Waals surface area (Å²) in [6.45, 7) is 5.28. The van der Waals surface area contributed by atoms with Crippen molar-refractivity contribution in [3.05, 3.63) is 86.3 Å². The van der Waals surface area contributed by atoms with Crippen molar-refractivity contribution in [1.29, 1.82) is 0 Å². The second kappa shape index (κ2) is 9.35. The average molecular weight is 461 g/mol. The molecule has 0 spiro atoms.